The quantitative estimate of drug-likeness (QED) is 0.818. The monoisotopic (exact) mass is 269 g/mol. The number of anilines is 1. The molecule has 0 spiro atoms. The van der Waals surface area contributed by atoms with E-state index in [9.17, 15) is 9.90 Å². The fourth-order valence-corrected chi connectivity index (χ4v) is 1.80. The molecule has 0 fully saturated rings. The first-order valence-corrected chi connectivity index (χ1v) is 6.11. The molecule has 0 saturated carbocycles. The Hall–Kier alpha value is -2.75. The topological polar surface area (TPSA) is 58.6 Å². The first-order valence-electron chi connectivity index (χ1n) is 6.11. The number of aliphatic carboxylic acids is 1. The normalized spacial score (nSPS) is 10.9. The predicted octanol–water partition coefficient (Wildman–Crippen LogP) is 3.23. The van der Waals surface area contributed by atoms with Gasteiger partial charge in [-0.1, -0.05) is 42.5 Å². The van der Waals surface area contributed by atoms with Gasteiger partial charge in [-0.2, -0.15) is 0 Å². The van der Waals surface area contributed by atoms with E-state index in [0.717, 1.165) is 0 Å². The number of benzene rings is 2. The van der Waals surface area contributed by atoms with Gasteiger partial charge in [-0.3, -0.25) is 0 Å². The maximum atomic E-state index is 11.3. The lowest BCUT2D eigenvalue weighted by molar-refractivity contribution is -0.130. The number of rotatable bonds is 5. The van der Waals surface area contributed by atoms with Crippen molar-refractivity contribution in [3.8, 4) is 5.75 Å². The molecule has 0 aromatic heterocycles. The third-order valence-electron chi connectivity index (χ3n) is 2.79. The van der Waals surface area contributed by atoms with Crippen molar-refractivity contribution in [2.45, 2.75) is 0 Å². The van der Waals surface area contributed by atoms with E-state index in [1.807, 2.05) is 24.3 Å². The number of hydrogen-bond acceptors (Lipinski definition) is 3. The van der Waals surface area contributed by atoms with Gasteiger partial charge in [0.25, 0.3) is 0 Å². The number of ether oxygens (including phenoxy) is 1. The average molecular weight is 269 g/mol. The molecule has 2 aromatic rings. The lowest BCUT2D eigenvalue weighted by Crippen LogP contribution is -2.03. The standard InChI is InChI=1S/C16H15NO3/c1-20-15-10-6-5-9-14(15)17-11-13(16(18)19)12-7-3-2-4-8-12/h2-11,17H,1H3,(H,18,19)/b13-11-. The van der Waals surface area contributed by atoms with Gasteiger partial charge >= 0.3 is 5.97 Å². The van der Waals surface area contributed by atoms with Crippen LogP contribution in [-0.2, 0) is 4.79 Å². The molecule has 0 atom stereocenters. The molecule has 20 heavy (non-hydrogen) atoms. The molecular weight excluding hydrogens is 254 g/mol. The van der Waals surface area contributed by atoms with E-state index >= 15 is 0 Å². The van der Waals surface area contributed by atoms with Crippen LogP contribution < -0.4 is 10.1 Å². The van der Waals surface area contributed by atoms with Gasteiger partial charge in [0.15, 0.2) is 0 Å². The molecule has 0 radical (unpaired) electrons. The van der Waals surface area contributed by atoms with Crippen molar-refractivity contribution < 1.29 is 14.6 Å². The van der Waals surface area contributed by atoms with E-state index < -0.39 is 5.97 Å². The minimum absolute atomic E-state index is 0.191. The summed E-state index contributed by atoms with van der Waals surface area (Å²) in [6.07, 6.45) is 1.47. The van der Waals surface area contributed by atoms with E-state index in [1.165, 1.54) is 6.20 Å². The van der Waals surface area contributed by atoms with Crippen LogP contribution in [0.3, 0.4) is 0 Å². The van der Waals surface area contributed by atoms with Crippen LogP contribution in [0.1, 0.15) is 5.56 Å². The molecule has 102 valence electrons. The Labute approximate surface area is 117 Å². The van der Waals surface area contributed by atoms with Crippen molar-refractivity contribution in [2.75, 3.05) is 12.4 Å². The first-order chi connectivity index (χ1) is 9.72. The zero-order valence-corrected chi connectivity index (χ0v) is 11.0. The maximum Gasteiger partial charge on any atom is 0.337 e. The number of carbonyl (C=O) groups is 1. The summed E-state index contributed by atoms with van der Waals surface area (Å²) in [5.74, 6) is -0.333. The highest BCUT2D eigenvalue weighted by atomic mass is 16.5. The van der Waals surface area contributed by atoms with Crippen LogP contribution in [0.2, 0.25) is 0 Å². The molecule has 4 heteroatoms. The fourth-order valence-electron chi connectivity index (χ4n) is 1.80. The van der Waals surface area contributed by atoms with Crippen LogP contribution >= 0.6 is 0 Å². The van der Waals surface area contributed by atoms with Crippen LogP contribution in [0.15, 0.2) is 60.8 Å². The van der Waals surface area contributed by atoms with Crippen molar-refractivity contribution in [1.29, 1.82) is 0 Å². The second-order valence-electron chi connectivity index (χ2n) is 4.07. The van der Waals surface area contributed by atoms with Gasteiger partial charge in [-0.25, -0.2) is 4.79 Å². The number of methoxy groups -OCH3 is 1. The largest absolute Gasteiger partial charge is 0.495 e. The minimum atomic E-state index is -0.987. The molecule has 4 nitrogen and oxygen atoms in total. The van der Waals surface area contributed by atoms with Gasteiger partial charge in [-0.15, -0.1) is 0 Å². The highest BCUT2D eigenvalue weighted by molar-refractivity contribution is 6.15. The molecule has 0 heterocycles. The van der Waals surface area contributed by atoms with Gasteiger partial charge in [0.05, 0.1) is 18.4 Å². The summed E-state index contributed by atoms with van der Waals surface area (Å²) < 4.78 is 5.20. The van der Waals surface area contributed by atoms with Crippen LogP contribution in [0.5, 0.6) is 5.75 Å². The van der Waals surface area contributed by atoms with E-state index in [2.05, 4.69) is 5.32 Å². The Bertz CT molecular complexity index is 621. The summed E-state index contributed by atoms with van der Waals surface area (Å²) in [5, 5.41) is 12.3. The summed E-state index contributed by atoms with van der Waals surface area (Å²) in [5.41, 5.74) is 1.54. The smallest absolute Gasteiger partial charge is 0.337 e. The SMILES string of the molecule is COc1ccccc1N/C=C(\C(=O)O)c1ccccc1. The third kappa shape index (κ3) is 3.17. The van der Waals surface area contributed by atoms with E-state index in [-0.39, 0.29) is 5.57 Å². The third-order valence-corrected chi connectivity index (χ3v) is 2.79. The lowest BCUT2D eigenvalue weighted by Gasteiger charge is -2.09. The summed E-state index contributed by atoms with van der Waals surface area (Å²) in [6, 6.07) is 16.3. The zero-order valence-electron chi connectivity index (χ0n) is 11.0. The van der Waals surface area contributed by atoms with Crippen LogP contribution in [0.4, 0.5) is 5.69 Å². The summed E-state index contributed by atoms with van der Waals surface area (Å²) in [7, 11) is 1.57. The van der Waals surface area contributed by atoms with Gasteiger partial charge in [0, 0.05) is 6.20 Å². The molecule has 0 saturated heterocycles. The molecular formula is C16H15NO3. The second-order valence-corrected chi connectivity index (χ2v) is 4.07. The van der Waals surface area contributed by atoms with E-state index in [0.29, 0.717) is 17.0 Å². The van der Waals surface area contributed by atoms with Gasteiger partial charge in [-0.05, 0) is 17.7 Å². The summed E-state index contributed by atoms with van der Waals surface area (Å²) in [4.78, 5) is 11.3. The van der Waals surface area contributed by atoms with Crippen LogP contribution in [0, 0.1) is 0 Å². The van der Waals surface area contributed by atoms with Gasteiger partial charge < -0.3 is 15.2 Å². The molecule has 0 aliphatic heterocycles. The molecule has 0 bridgehead atoms. The van der Waals surface area contributed by atoms with E-state index in [1.54, 1.807) is 37.4 Å². The number of hydrogen-bond donors (Lipinski definition) is 2. The molecule has 2 rings (SSSR count). The number of carboxylic acids is 1. The Morgan fingerprint density at radius 3 is 2.40 bits per heavy atom. The molecule has 2 aromatic carbocycles. The van der Waals surface area contributed by atoms with Crippen LogP contribution in [-0.4, -0.2) is 18.2 Å². The number of nitrogens with one attached hydrogen (secondary N) is 1. The lowest BCUT2D eigenvalue weighted by atomic mass is 10.1. The van der Waals surface area contributed by atoms with Crippen molar-refractivity contribution in [1.82, 2.24) is 0 Å². The molecule has 0 aliphatic carbocycles. The van der Waals surface area contributed by atoms with Gasteiger partial charge in [0.1, 0.15) is 5.75 Å². The van der Waals surface area contributed by atoms with Crippen molar-refractivity contribution in [3.05, 3.63) is 66.4 Å². The fraction of sp³-hybridized carbons (Fsp3) is 0.0625. The highest BCUT2D eigenvalue weighted by Crippen LogP contribution is 2.24. The second kappa shape index (κ2) is 6.43. The predicted molar refractivity (Wildman–Crippen MR) is 78.7 cm³/mol. The Kier molecular flexibility index (Phi) is 4.39. The van der Waals surface area contributed by atoms with E-state index in [4.69, 9.17) is 4.74 Å². The average Bonchev–Trinajstić information content (AvgIpc) is 2.48. The zero-order chi connectivity index (χ0) is 14.4. The van der Waals surface area contributed by atoms with Gasteiger partial charge in [0.2, 0.25) is 0 Å². The van der Waals surface area contributed by atoms with Crippen molar-refractivity contribution in [3.63, 3.8) is 0 Å². The Balaban J connectivity index is 2.29. The number of para-hydroxylation sites is 2. The molecule has 2 N–H and O–H groups in total. The Morgan fingerprint density at radius 2 is 1.75 bits per heavy atom. The summed E-state index contributed by atoms with van der Waals surface area (Å²) >= 11 is 0. The maximum absolute atomic E-state index is 11.3. The highest BCUT2D eigenvalue weighted by Gasteiger charge is 2.10. The minimum Gasteiger partial charge on any atom is -0.495 e. The van der Waals surface area contributed by atoms with Crippen LogP contribution in [0.25, 0.3) is 5.57 Å². The molecule has 0 unspecified atom stereocenters. The Morgan fingerprint density at radius 1 is 1.10 bits per heavy atom. The van der Waals surface area contributed by atoms with Crippen molar-refractivity contribution in [2.24, 2.45) is 0 Å². The first kappa shape index (κ1) is 13.7. The summed E-state index contributed by atoms with van der Waals surface area (Å²) in [6.45, 7) is 0. The van der Waals surface area contributed by atoms with Crippen molar-refractivity contribution >= 4 is 17.2 Å². The molecule has 0 amide bonds. The molecule has 0 aliphatic rings. The number of carboxylic acid groups (broad SMARTS) is 1.